The molecule has 1 amide bonds. The van der Waals surface area contributed by atoms with Crippen LogP contribution in [0.4, 0.5) is 20.2 Å². The molecule has 0 aromatic heterocycles. The third kappa shape index (κ3) is 2.09. The Morgan fingerprint density at radius 1 is 1.53 bits per heavy atom. The van der Waals surface area contributed by atoms with Crippen LogP contribution in [-0.4, -0.2) is 11.3 Å². The van der Waals surface area contributed by atoms with Crippen molar-refractivity contribution < 1.29 is 18.5 Å². The Balaban J connectivity index is 3.49. The van der Waals surface area contributed by atoms with E-state index in [9.17, 15) is 23.7 Å². The number of nitrogens with one attached hydrogen (secondary N) is 1. The Kier molecular flexibility index (Phi) is 3.30. The van der Waals surface area contributed by atoms with Crippen molar-refractivity contribution in [3.05, 3.63) is 32.3 Å². The molecule has 0 aliphatic heterocycles. The van der Waals surface area contributed by atoms with E-state index in [-0.39, 0.29) is 6.41 Å². The molecule has 1 N–H and O–H groups in total. The van der Waals surface area contributed by atoms with E-state index in [1.807, 2.05) is 5.32 Å². The molecule has 5 nitrogen and oxygen atoms in total. The molecule has 15 heavy (non-hydrogen) atoms. The lowest BCUT2D eigenvalue weighted by molar-refractivity contribution is -0.384. The van der Waals surface area contributed by atoms with E-state index >= 15 is 0 Å². The number of carbonyl (C=O) groups excluding carboxylic acids is 1. The van der Waals surface area contributed by atoms with Crippen LogP contribution in [0, 0.1) is 21.7 Å². The van der Waals surface area contributed by atoms with E-state index in [2.05, 4.69) is 15.9 Å². The number of nitro groups is 1. The van der Waals surface area contributed by atoms with Crippen molar-refractivity contribution in [1.29, 1.82) is 0 Å². The highest BCUT2D eigenvalue weighted by atomic mass is 79.9. The van der Waals surface area contributed by atoms with Gasteiger partial charge in [-0.2, -0.15) is 0 Å². The molecule has 0 spiro atoms. The summed E-state index contributed by atoms with van der Waals surface area (Å²) in [5.74, 6) is -2.67. The maximum absolute atomic E-state index is 13.0. The number of halogens is 3. The van der Waals surface area contributed by atoms with Crippen LogP contribution in [0.3, 0.4) is 0 Å². The first-order chi connectivity index (χ1) is 6.99. The highest BCUT2D eigenvalue weighted by Crippen LogP contribution is 2.35. The Bertz CT molecular complexity index is 439. The predicted octanol–water partition coefficient (Wildman–Crippen LogP) is 2.20. The Hall–Kier alpha value is -1.57. The fraction of sp³-hybridized carbons (Fsp3) is 0. The van der Waals surface area contributed by atoms with Gasteiger partial charge >= 0.3 is 0 Å². The highest BCUT2D eigenvalue weighted by Gasteiger charge is 2.23. The quantitative estimate of drug-likeness (QED) is 0.399. The first-order valence-electron chi connectivity index (χ1n) is 3.51. The second-order valence-electron chi connectivity index (χ2n) is 2.40. The Morgan fingerprint density at radius 3 is 2.60 bits per heavy atom. The minimum Gasteiger partial charge on any atom is -0.322 e. The van der Waals surface area contributed by atoms with Gasteiger partial charge in [-0.15, -0.1) is 0 Å². The zero-order valence-corrected chi connectivity index (χ0v) is 8.55. The van der Waals surface area contributed by atoms with Gasteiger partial charge < -0.3 is 5.32 Å². The smallest absolute Gasteiger partial charge is 0.297 e. The molecule has 1 aromatic carbocycles. The predicted molar refractivity (Wildman–Crippen MR) is 50.4 cm³/mol. The summed E-state index contributed by atoms with van der Waals surface area (Å²) >= 11 is 2.61. The van der Waals surface area contributed by atoms with Crippen molar-refractivity contribution >= 4 is 33.7 Å². The van der Waals surface area contributed by atoms with E-state index in [1.54, 1.807) is 0 Å². The first-order valence-corrected chi connectivity index (χ1v) is 4.30. The van der Waals surface area contributed by atoms with Crippen molar-refractivity contribution in [3.63, 3.8) is 0 Å². The summed E-state index contributed by atoms with van der Waals surface area (Å²) in [5.41, 5.74) is -1.15. The molecule has 1 rings (SSSR count). The zero-order chi connectivity index (χ0) is 11.6. The SMILES string of the molecule is O=CNc1c([N+](=O)[O-])cc(F)c(F)c1Br. The van der Waals surface area contributed by atoms with Crippen LogP contribution in [0.15, 0.2) is 10.5 Å². The lowest BCUT2D eigenvalue weighted by atomic mass is 10.2. The monoisotopic (exact) mass is 280 g/mol. The maximum Gasteiger partial charge on any atom is 0.297 e. The van der Waals surface area contributed by atoms with Crippen LogP contribution < -0.4 is 5.32 Å². The minimum atomic E-state index is -1.37. The number of hydrogen-bond donors (Lipinski definition) is 1. The van der Waals surface area contributed by atoms with Gasteiger partial charge in [0.05, 0.1) is 15.5 Å². The van der Waals surface area contributed by atoms with Crippen molar-refractivity contribution in [2.24, 2.45) is 0 Å². The van der Waals surface area contributed by atoms with Gasteiger partial charge in [-0.25, -0.2) is 8.78 Å². The molecule has 0 fully saturated rings. The zero-order valence-electron chi connectivity index (χ0n) is 6.96. The molecule has 80 valence electrons. The molecule has 0 radical (unpaired) electrons. The molecule has 0 heterocycles. The number of nitro benzene ring substituents is 1. The number of nitrogens with zero attached hydrogens (tertiary/aromatic N) is 1. The van der Waals surface area contributed by atoms with Crippen LogP contribution in [0.25, 0.3) is 0 Å². The van der Waals surface area contributed by atoms with Crippen molar-refractivity contribution in [1.82, 2.24) is 0 Å². The normalized spacial score (nSPS) is 9.80. The minimum absolute atomic E-state index is 0.129. The fourth-order valence-corrected chi connectivity index (χ4v) is 1.43. The van der Waals surface area contributed by atoms with Gasteiger partial charge in [-0.05, 0) is 15.9 Å². The largest absolute Gasteiger partial charge is 0.322 e. The molecule has 0 bridgehead atoms. The second-order valence-corrected chi connectivity index (χ2v) is 3.19. The molecular formula is C7H3BrF2N2O3. The lowest BCUT2D eigenvalue weighted by Crippen LogP contribution is -2.03. The molecule has 0 unspecified atom stereocenters. The third-order valence-corrected chi connectivity index (χ3v) is 2.29. The second kappa shape index (κ2) is 4.30. The Labute approximate surface area is 90.4 Å². The molecule has 0 aliphatic rings. The standard InChI is InChI=1S/C7H3BrF2N2O3/c8-5-6(10)3(9)1-4(12(14)15)7(5)11-2-13/h1-2H,(H,11,13). The van der Waals surface area contributed by atoms with E-state index in [0.717, 1.165) is 0 Å². The van der Waals surface area contributed by atoms with Crippen LogP contribution in [0.5, 0.6) is 0 Å². The van der Waals surface area contributed by atoms with E-state index in [4.69, 9.17) is 0 Å². The number of carbonyl (C=O) groups is 1. The van der Waals surface area contributed by atoms with E-state index < -0.39 is 32.4 Å². The number of amides is 1. The van der Waals surface area contributed by atoms with Crippen molar-refractivity contribution in [3.8, 4) is 0 Å². The van der Waals surface area contributed by atoms with Gasteiger partial charge in [0.25, 0.3) is 5.69 Å². The number of benzene rings is 1. The Morgan fingerprint density at radius 2 is 2.13 bits per heavy atom. The summed E-state index contributed by atoms with van der Waals surface area (Å²) in [4.78, 5) is 19.6. The molecule has 8 heteroatoms. The van der Waals surface area contributed by atoms with Crippen molar-refractivity contribution in [2.75, 3.05) is 5.32 Å². The number of hydrogen-bond acceptors (Lipinski definition) is 3. The van der Waals surface area contributed by atoms with Gasteiger partial charge in [-0.3, -0.25) is 14.9 Å². The number of anilines is 1. The van der Waals surface area contributed by atoms with Crippen LogP contribution >= 0.6 is 15.9 Å². The topological polar surface area (TPSA) is 72.2 Å². The van der Waals surface area contributed by atoms with Gasteiger partial charge in [0, 0.05) is 0 Å². The molecule has 0 saturated carbocycles. The van der Waals surface area contributed by atoms with Crippen molar-refractivity contribution in [2.45, 2.75) is 0 Å². The van der Waals surface area contributed by atoms with Gasteiger partial charge in [0.15, 0.2) is 11.6 Å². The summed E-state index contributed by atoms with van der Waals surface area (Å²) in [6, 6.07) is 0.395. The van der Waals surface area contributed by atoms with E-state index in [1.165, 1.54) is 0 Å². The average molecular weight is 281 g/mol. The van der Waals surface area contributed by atoms with Gasteiger partial charge in [0.2, 0.25) is 6.41 Å². The maximum atomic E-state index is 13.0. The fourth-order valence-electron chi connectivity index (χ4n) is 0.923. The molecule has 1 aromatic rings. The summed E-state index contributed by atoms with van der Waals surface area (Å²) in [6.07, 6.45) is 0.129. The van der Waals surface area contributed by atoms with E-state index in [0.29, 0.717) is 6.07 Å². The molecular weight excluding hydrogens is 278 g/mol. The first kappa shape index (κ1) is 11.5. The molecule has 0 atom stereocenters. The lowest BCUT2D eigenvalue weighted by Gasteiger charge is -2.05. The van der Waals surface area contributed by atoms with Crippen LogP contribution in [0.1, 0.15) is 0 Å². The summed E-state index contributed by atoms with van der Waals surface area (Å²) < 4.78 is 25.3. The van der Waals surface area contributed by atoms with Gasteiger partial charge in [-0.1, -0.05) is 0 Å². The van der Waals surface area contributed by atoms with Crippen LogP contribution in [-0.2, 0) is 4.79 Å². The summed E-state index contributed by atoms with van der Waals surface area (Å²) in [7, 11) is 0. The molecule has 0 aliphatic carbocycles. The van der Waals surface area contributed by atoms with Gasteiger partial charge in [0.1, 0.15) is 5.69 Å². The summed E-state index contributed by atoms with van der Waals surface area (Å²) in [6.45, 7) is 0. The third-order valence-electron chi connectivity index (χ3n) is 1.54. The average Bonchev–Trinajstić information content (AvgIpc) is 2.18. The van der Waals surface area contributed by atoms with Crippen LogP contribution in [0.2, 0.25) is 0 Å². The highest BCUT2D eigenvalue weighted by molar-refractivity contribution is 9.10. The summed E-state index contributed by atoms with van der Waals surface area (Å²) in [5, 5.41) is 12.4. The number of rotatable bonds is 3. The molecule has 0 saturated heterocycles.